The Morgan fingerprint density at radius 2 is 1.95 bits per heavy atom. The topological polar surface area (TPSA) is 70.9 Å². The van der Waals surface area contributed by atoms with E-state index in [0.717, 1.165) is 23.8 Å². The quantitative estimate of drug-likeness (QED) is 0.481. The summed E-state index contributed by atoms with van der Waals surface area (Å²) in [6.45, 7) is 7.87. The normalized spacial score (nSPS) is 11.2. The van der Waals surface area contributed by atoms with Gasteiger partial charge in [0.15, 0.2) is 6.79 Å². The van der Waals surface area contributed by atoms with Gasteiger partial charge in [-0.15, -0.1) is 0 Å². The smallest absolute Gasteiger partial charge is 0.219 e. The molecule has 1 N–H and O–H groups in total. The maximum atomic E-state index is 8.83. The van der Waals surface area contributed by atoms with Crippen molar-refractivity contribution in [2.45, 2.75) is 25.7 Å². The van der Waals surface area contributed by atoms with Crippen molar-refractivity contribution in [2.75, 3.05) is 13.4 Å². The molecule has 1 aromatic carbocycles. The molecule has 0 aliphatic carbocycles. The van der Waals surface area contributed by atoms with E-state index in [1.54, 1.807) is 18.3 Å². The number of benzene rings is 1. The molecule has 0 unspecified atom stereocenters. The summed E-state index contributed by atoms with van der Waals surface area (Å²) in [6.07, 6.45) is 1.71. The van der Waals surface area contributed by atoms with Crippen LogP contribution < -0.4 is 4.74 Å². The second-order valence-electron chi connectivity index (χ2n) is 6.28. The fourth-order valence-electron chi connectivity index (χ4n) is 1.85. The molecule has 116 valence electrons. The zero-order valence-corrected chi connectivity index (χ0v) is 14.2. The second kappa shape index (κ2) is 7.25. The van der Waals surface area contributed by atoms with Crippen LogP contribution in [0, 0.1) is 11.3 Å². The highest BCUT2D eigenvalue weighted by atomic mass is 28.3. The van der Waals surface area contributed by atoms with Crippen LogP contribution in [0.15, 0.2) is 30.5 Å². The standard InChI is InChI=1S/C16H21N3O2Si/c1-22(2,3)9-8-20-12-21-16-15(11-18-19-16)14-6-4-13(10-17)5-7-14/h4-7,11H,8-9,12H2,1-3H3,(H,18,19). The summed E-state index contributed by atoms with van der Waals surface area (Å²) in [6, 6.07) is 10.5. The third-order valence-electron chi connectivity index (χ3n) is 3.21. The lowest BCUT2D eigenvalue weighted by Crippen LogP contribution is -2.22. The minimum atomic E-state index is -1.07. The summed E-state index contributed by atoms with van der Waals surface area (Å²) < 4.78 is 11.1. The van der Waals surface area contributed by atoms with E-state index >= 15 is 0 Å². The van der Waals surface area contributed by atoms with Gasteiger partial charge in [-0.3, -0.25) is 0 Å². The summed E-state index contributed by atoms with van der Waals surface area (Å²) in [4.78, 5) is 0. The Balaban J connectivity index is 1.91. The zero-order valence-electron chi connectivity index (χ0n) is 13.2. The van der Waals surface area contributed by atoms with Gasteiger partial charge in [0.25, 0.3) is 0 Å². The number of hydrogen-bond donors (Lipinski definition) is 1. The second-order valence-corrected chi connectivity index (χ2v) is 11.9. The van der Waals surface area contributed by atoms with Crippen LogP contribution in [0.25, 0.3) is 11.1 Å². The molecule has 1 aromatic heterocycles. The van der Waals surface area contributed by atoms with Gasteiger partial charge >= 0.3 is 0 Å². The average molecular weight is 315 g/mol. The van der Waals surface area contributed by atoms with Gasteiger partial charge < -0.3 is 9.47 Å². The Kier molecular flexibility index (Phi) is 5.36. The van der Waals surface area contributed by atoms with Crippen LogP contribution in [0.5, 0.6) is 5.88 Å². The van der Waals surface area contributed by atoms with Gasteiger partial charge in [0, 0.05) is 14.7 Å². The number of aromatic amines is 1. The monoisotopic (exact) mass is 315 g/mol. The summed E-state index contributed by atoms with van der Waals surface area (Å²) in [7, 11) is -1.07. The minimum absolute atomic E-state index is 0.204. The number of hydrogen-bond acceptors (Lipinski definition) is 4. The summed E-state index contributed by atoms with van der Waals surface area (Å²) in [5, 5.41) is 15.7. The number of rotatable bonds is 7. The highest BCUT2D eigenvalue weighted by Crippen LogP contribution is 2.27. The van der Waals surface area contributed by atoms with Crippen molar-refractivity contribution in [1.82, 2.24) is 10.2 Å². The maximum absolute atomic E-state index is 8.83. The number of ether oxygens (including phenoxy) is 2. The van der Waals surface area contributed by atoms with Crippen molar-refractivity contribution < 1.29 is 9.47 Å². The Bertz CT molecular complexity index is 639. The first kappa shape index (κ1) is 16.3. The van der Waals surface area contributed by atoms with Crippen molar-refractivity contribution in [1.29, 1.82) is 5.26 Å². The lowest BCUT2D eigenvalue weighted by molar-refractivity contribution is 0.0196. The van der Waals surface area contributed by atoms with Crippen molar-refractivity contribution in [3.05, 3.63) is 36.0 Å². The number of nitrogens with zero attached hydrogens (tertiary/aromatic N) is 2. The first-order valence-electron chi connectivity index (χ1n) is 7.24. The van der Waals surface area contributed by atoms with E-state index in [9.17, 15) is 0 Å². The predicted molar refractivity (Wildman–Crippen MR) is 88.3 cm³/mol. The van der Waals surface area contributed by atoms with E-state index < -0.39 is 8.07 Å². The van der Waals surface area contributed by atoms with Crippen molar-refractivity contribution in [3.63, 3.8) is 0 Å². The van der Waals surface area contributed by atoms with E-state index in [0.29, 0.717) is 11.4 Å². The minimum Gasteiger partial charge on any atom is -0.450 e. The van der Waals surface area contributed by atoms with Crippen LogP contribution in [-0.4, -0.2) is 31.7 Å². The van der Waals surface area contributed by atoms with E-state index in [4.69, 9.17) is 14.7 Å². The van der Waals surface area contributed by atoms with E-state index in [-0.39, 0.29) is 6.79 Å². The van der Waals surface area contributed by atoms with Crippen LogP contribution in [0.3, 0.4) is 0 Å². The van der Waals surface area contributed by atoms with Crippen molar-refractivity contribution in [3.8, 4) is 23.1 Å². The first-order chi connectivity index (χ1) is 10.5. The highest BCUT2D eigenvalue weighted by molar-refractivity contribution is 6.76. The van der Waals surface area contributed by atoms with E-state index in [1.807, 2.05) is 12.1 Å². The molecule has 6 heteroatoms. The molecule has 0 bridgehead atoms. The van der Waals surface area contributed by atoms with Crippen molar-refractivity contribution in [2.24, 2.45) is 0 Å². The maximum Gasteiger partial charge on any atom is 0.219 e. The predicted octanol–water partition coefficient (Wildman–Crippen LogP) is 3.64. The number of nitrogens with one attached hydrogen (secondary N) is 1. The van der Waals surface area contributed by atoms with Gasteiger partial charge in [0.2, 0.25) is 5.88 Å². The molecule has 0 saturated heterocycles. The van der Waals surface area contributed by atoms with Gasteiger partial charge in [-0.25, -0.2) is 5.10 Å². The number of nitriles is 1. The molecule has 0 fully saturated rings. The molecule has 2 aromatic rings. The van der Waals surface area contributed by atoms with Crippen LogP contribution in [-0.2, 0) is 4.74 Å². The van der Waals surface area contributed by atoms with Gasteiger partial charge in [0.05, 0.1) is 23.4 Å². The van der Waals surface area contributed by atoms with Gasteiger partial charge in [0.1, 0.15) is 0 Å². The highest BCUT2D eigenvalue weighted by Gasteiger charge is 2.13. The fourth-order valence-corrected chi connectivity index (χ4v) is 2.61. The van der Waals surface area contributed by atoms with Gasteiger partial charge in [-0.2, -0.15) is 10.4 Å². The first-order valence-corrected chi connectivity index (χ1v) is 10.9. The molecular weight excluding hydrogens is 294 g/mol. The SMILES string of the molecule is C[Si](C)(C)CCOCOc1[nH]ncc1-c1ccc(C#N)cc1. The molecule has 0 aliphatic heterocycles. The number of aromatic nitrogens is 2. The Hall–Kier alpha value is -2.10. The van der Waals surface area contributed by atoms with Crippen LogP contribution in [0.2, 0.25) is 25.7 Å². The Labute approximate surface area is 131 Å². The summed E-state index contributed by atoms with van der Waals surface area (Å²) in [5.74, 6) is 0.581. The molecule has 2 rings (SSSR count). The lowest BCUT2D eigenvalue weighted by atomic mass is 10.1. The fraction of sp³-hybridized carbons (Fsp3) is 0.375. The average Bonchev–Trinajstić information content (AvgIpc) is 2.94. The summed E-state index contributed by atoms with van der Waals surface area (Å²) in [5.41, 5.74) is 2.44. The van der Waals surface area contributed by atoms with E-state index in [1.165, 1.54) is 0 Å². The molecule has 0 saturated carbocycles. The molecule has 0 atom stereocenters. The molecule has 0 spiro atoms. The lowest BCUT2D eigenvalue weighted by Gasteiger charge is -2.15. The Morgan fingerprint density at radius 3 is 2.59 bits per heavy atom. The molecule has 1 heterocycles. The molecular formula is C16H21N3O2Si. The largest absolute Gasteiger partial charge is 0.450 e. The van der Waals surface area contributed by atoms with Gasteiger partial charge in [-0.1, -0.05) is 31.8 Å². The van der Waals surface area contributed by atoms with Crippen LogP contribution in [0.1, 0.15) is 5.56 Å². The third-order valence-corrected chi connectivity index (χ3v) is 4.92. The zero-order chi connectivity index (χ0) is 16.0. The molecule has 0 aliphatic rings. The third kappa shape index (κ3) is 4.72. The molecule has 0 radical (unpaired) electrons. The van der Waals surface area contributed by atoms with E-state index in [2.05, 4.69) is 35.9 Å². The Morgan fingerprint density at radius 1 is 1.23 bits per heavy atom. The van der Waals surface area contributed by atoms with Gasteiger partial charge in [-0.05, 0) is 23.7 Å². The molecule has 5 nitrogen and oxygen atoms in total. The molecule has 22 heavy (non-hydrogen) atoms. The van der Waals surface area contributed by atoms with Crippen LogP contribution in [0.4, 0.5) is 0 Å². The molecule has 0 amide bonds. The summed E-state index contributed by atoms with van der Waals surface area (Å²) >= 11 is 0. The van der Waals surface area contributed by atoms with Crippen LogP contribution >= 0.6 is 0 Å². The number of H-pyrrole nitrogens is 1. The van der Waals surface area contributed by atoms with Crippen molar-refractivity contribution >= 4 is 8.07 Å².